The van der Waals surface area contributed by atoms with Crippen molar-refractivity contribution in [1.82, 2.24) is 0 Å². The van der Waals surface area contributed by atoms with E-state index in [4.69, 9.17) is 5.11 Å². The summed E-state index contributed by atoms with van der Waals surface area (Å²) in [6.07, 6.45) is 0. The first kappa shape index (κ1) is 12.3. The molecular weight excluding hydrogens is 307 g/mol. The average Bonchev–Trinajstić information content (AvgIpc) is 2.06. The molecule has 1 aromatic carbocycles. The molecule has 0 fully saturated rings. The number of carbonyl (C=O) groups is 1. The van der Waals surface area contributed by atoms with Gasteiger partial charge in [0.1, 0.15) is 11.3 Å². The Morgan fingerprint density at radius 2 is 1.87 bits per heavy atom. The van der Waals surface area contributed by atoms with Gasteiger partial charge in [-0.05, 0) is 45.7 Å². The van der Waals surface area contributed by atoms with Crippen LogP contribution < -0.4 is 0 Å². The normalized spacial score (nSPS) is 11.5. The van der Waals surface area contributed by atoms with Crippen LogP contribution in [0.15, 0.2) is 12.1 Å². The minimum absolute atomic E-state index is 0.0353. The van der Waals surface area contributed by atoms with Crippen LogP contribution in [0.25, 0.3) is 0 Å². The van der Waals surface area contributed by atoms with E-state index in [1.165, 1.54) is 6.07 Å². The third kappa shape index (κ3) is 2.62. The van der Waals surface area contributed by atoms with E-state index < -0.39 is 5.97 Å². The second-order valence-corrected chi connectivity index (χ2v) is 5.57. The maximum atomic E-state index is 10.9. The molecule has 0 radical (unpaired) electrons. The van der Waals surface area contributed by atoms with Crippen LogP contribution in [-0.4, -0.2) is 16.2 Å². The van der Waals surface area contributed by atoms with Gasteiger partial charge in [-0.15, -0.1) is 0 Å². The predicted octanol–water partition coefficient (Wildman–Crippen LogP) is 2.99. The summed E-state index contributed by atoms with van der Waals surface area (Å²) >= 11 is 1.94. The van der Waals surface area contributed by atoms with Gasteiger partial charge < -0.3 is 10.2 Å². The van der Waals surface area contributed by atoms with Crippen LogP contribution in [0.5, 0.6) is 5.75 Å². The van der Waals surface area contributed by atoms with E-state index >= 15 is 0 Å². The molecule has 3 nitrogen and oxygen atoms in total. The third-order valence-corrected chi connectivity index (χ3v) is 2.98. The number of aromatic carboxylic acids is 1. The van der Waals surface area contributed by atoms with Gasteiger partial charge in [0, 0.05) is 0 Å². The number of halogens is 1. The largest absolute Gasteiger partial charge is 0.506 e. The van der Waals surface area contributed by atoms with Crippen LogP contribution in [0, 0.1) is 3.57 Å². The highest BCUT2D eigenvalue weighted by molar-refractivity contribution is 14.1. The average molecular weight is 320 g/mol. The molecule has 0 atom stereocenters. The Balaban J connectivity index is 3.43. The van der Waals surface area contributed by atoms with E-state index in [1.807, 2.05) is 49.4 Å². The van der Waals surface area contributed by atoms with Crippen LogP contribution in [0.4, 0.5) is 0 Å². The van der Waals surface area contributed by atoms with Gasteiger partial charge in [-0.3, -0.25) is 0 Å². The van der Waals surface area contributed by atoms with Gasteiger partial charge in [0.2, 0.25) is 0 Å². The highest BCUT2D eigenvalue weighted by Crippen LogP contribution is 2.31. The zero-order chi connectivity index (χ0) is 11.8. The Bertz CT molecular complexity index is 405. The van der Waals surface area contributed by atoms with Gasteiger partial charge in [-0.1, -0.05) is 20.8 Å². The Morgan fingerprint density at radius 3 is 2.27 bits per heavy atom. The summed E-state index contributed by atoms with van der Waals surface area (Å²) in [6, 6.07) is 3.34. The van der Waals surface area contributed by atoms with Gasteiger partial charge in [0.15, 0.2) is 0 Å². The Morgan fingerprint density at radius 1 is 1.33 bits per heavy atom. The van der Waals surface area contributed by atoms with E-state index in [0.717, 1.165) is 5.56 Å². The molecule has 0 amide bonds. The fourth-order valence-electron chi connectivity index (χ4n) is 1.20. The highest BCUT2D eigenvalue weighted by atomic mass is 127. The summed E-state index contributed by atoms with van der Waals surface area (Å²) in [4.78, 5) is 10.9. The zero-order valence-corrected chi connectivity index (χ0v) is 11.0. The summed E-state index contributed by atoms with van der Waals surface area (Å²) in [7, 11) is 0. The monoisotopic (exact) mass is 320 g/mol. The number of benzene rings is 1. The lowest BCUT2D eigenvalue weighted by molar-refractivity contribution is 0.0693. The van der Waals surface area contributed by atoms with Crippen LogP contribution in [0.3, 0.4) is 0 Å². The van der Waals surface area contributed by atoms with Gasteiger partial charge in [0.25, 0.3) is 0 Å². The van der Waals surface area contributed by atoms with Crippen LogP contribution in [0.2, 0.25) is 0 Å². The van der Waals surface area contributed by atoms with Gasteiger partial charge >= 0.3 is 5.97 Å². The molecule has 2 N–H and O–H groups in total. The van der Waals surface area contributed by atoms with Crippen molar-refractivity contribution in [2.75, 3.05) is 0 Å². The molecule has 1 rings (SSSR count). The molecule has 15 heavy (non-hydrogen) atoms. The van der Waals surface area contributed by atoms with Crippen LogP contribution >= 0.6 is 22.6 Å². The Kier molecular flexibility index (Phi) is 3.28. The van der Waals surface area contributed by atoms with Gasteiger partial charge in [-0.2, -0.15) is 0 Å². The maximum Gasteiger partial charge on any atom is 0.339 e. The van der Waals surface area contributed by atoms with Crippen molar-refractivity contribution in [2.45, 2.75) is 26.2 Å². The molecule has 0 saturated carbocycles. The first-order valence-electron chi connectivity index (χ1n) is 4.50. The number of rotatable bonds is 1. The molecule has 1 aromatic rings. The molecule has 0 aromatic heterocycles. The lowest BCUT2D eigenvalue weighted by Gasteiger charge is -2.20. The second-order valence-electron chi connectivity index (χ2n) is 4.41. The number of carboxylic acid groups (broad SMARTS) is 1. The number of hydrogen-bond acceptors (Lipinski definition) is 2. The van der Waals surface area contributed by atoms with Crippen molar-refractivity contribution >= 4 is 28.6 Å². The standard InChI is InChI=1S/C11H13IO3/c1-11(2,3)6-4-7(10(14)15)9(13)8(12)5-6/h4-5,13H,1-3H3,(H,14,15). The first-order valence-corrected chi connectivity index (χ1v) is 5.57. The molecule has 0 heterocycles. The minimum Gasteiger partial charge on any atom is -0.506 e. The van der Waals surface area contributed by atoms with Crippen molar-refractivity contribution in [3.05, 3.63) is 26.8 Å². The number of phenols is 1. The van der Waals surface area contributed by atoms with Gasteiger partial charge in [0.05, 0.1) is 3.57 Å². The Hall–Kier alpha value is -0.780. The molecule has 0 aliphatic carbocycles. The smallest absolute Gasteiger partial charge is 0.339 e. The summed E-state index contributed by atoms with van der Waals surface area (Å²) in [5, 5.41) is 18.5. The van der Waals surface area contributed by atoms with Crippen molar-refractivity contribution < 1.29 is 15.0 Å². The zero-order valence-electron chi connectivity index (χ0n) is 8.84. The summed E-state index contributed by atoms with van der Waals surface area (Å²) < 4.78 is 0.567. The molecule has 0 bridgehead atoms. The van der Waals surface area contributed by atoms with E-state index in [0.29, 0.717) is 3.57 Å². The Labute approximate surface area is 102 Å². The summed E-state index contributed by atoms with van der Waals surface area (Å²) in [6.45, 7) is 6.00. The number of aromatic hydroxyl groups is 1. The lowest BCUT2D eigenvalue weighted by Crippen LogP contribution is -2.13. The summed E-state index contributed by atoms with van der Waals surface area (Å²) in [5.74, 6) is -1.26. The van der Waals surface area contributed by atoms with E-state index in [9.17, 15) is 9.90 Å². The first-order chi connectivity index (χ1) is 6.73. The molecule has 82 valence electrons. The molecular formula is C11H13IO3. The highest BCUT2D eigenvalue weighted by Gasteiger charge is 2.20. The maximum absolute atomic E-state index is 10.9. The molecule has 0 aliphatic heterocycles. The number of carboxylic acids is 1. The van der Waals surface area contributed by atoms with Crippen LogP contribution in [-0.2, 0) is 5.41 Å². The molecule has 0 spiro atoms. The summed E-state index contributed by atoms with van der Waals surface area (Å²) in [5.41, 5.74) is 0.742. The SMILES string of the molecule is CC(C)(C)c1cc(I)c(O)c(C(=O)O)c1. The topological polar surface area (TPSA) is 57.5 Å². The van der Waals surface area contributed by atoms with E-state index in [1.54, 1.807) is 0 Å². The third-order valence-electron chi connectivity index (χ3n) is 2.16. The molecule has 4 heteroatoms. The quantitative estimate of drug-likeness (QED) is 0.782. The van der Waals surface area contributed by atoms with Crippen molar-refractivity contribution in [3.8, 4) is 5.75 Å². The van der Waals surface area contributed by atoms with Crippen molar-refractivity contribution in [2.24, 2.45) is 0 Å². The second kappa shape index (κ2) is 4.00. The minimum atomic E-state index is -1.10. The molecule has 0 unspecified atom stereocenters. The van der Waals surface area contributed by atoms with E-state index in [2.05, 4.69) is 0 Å². The fourth-order valence-corrected chi connectivity index (χ4v) is 1.82. The molecule has 0 saturated heterocycles. The van der Waals surface area contributed by atoms with Crippen molar-refractivity contribution in [1.29, 1.82) is 0 Å². The predicted molar refractivity (Wildman–Crippen MR) is 66.5 cm³/mol. The van der Waals surface area contributed by atoms with Gasteiger partial charge in [-0.25, -0.2) is 4.79 Å². The van der Waals surface area contributed by atoms with Crippen molar-refractivity contribution in [3.63, 3.8) is 0 Å². The van der Waals surface area contributed by atoms with Crippen LogP contribution in [0.1, 0.15) is 36.7 Å². The fraction of sp³-hybridized carbons (Fsp3) is 0.364. The van der Waals surface area contributed by atoms with E-state index in [-0.39, 0.29) is 16.7 Å². The number of hydrogen-bond donors (Lipinski definition) is 2. The lowest BCUT2D eigenvalue weighted by atomic mass is 9.86. The molecule has 0 aliphatic rings.